The van der Waals surface area contributed by atoms with E-state index in [1.54, 1.807) is 6.07 Å². The summed E-state index contributed by atoms with van der Waals surface area (Å²) in [4.78, 5) is 11.7. The van der Waals surface area contributed by atoms with E-state index in [4.69, 9.17) is 4.42 Å². The van der Waals surface area contributed by atoms with E-state index in [9.17, 15) is 27.5 Å². The topological polar surface area (TPSA) is 74.5 Å². The molecule has 3 N–H and O–H groups in total. The zero-order chi connectivity index (χ0) is 18.0. The molecule has 130 valence electrons. The summed E-state index contributed by atoms with van der Waals surface area (Å²) in [6.07, 6.45) is -3.53. The molecule has 0 spiro atoms. The van der Waals surface area contributed by atoms with Gasteiger partial charge in [-0.25, -0.2) is 9.18 Å². The number of nitrogens with one attached hydrogen (secondary N) is 2. The van der Waals surface area contributed by atoms with E-state index in [1.807, 2.05) is 0 Å². The van der Waals surface area contributed by atoms with Crippen LogP contribution >= 0.6 is 0 Å². The molecule has 0 saturated carbocycles. The molecule has 1 unspecified atom stereocenters. The van der Waals surface area contributed by atoms with Gasteiger partial charge >= 0.3 is 12.2 Å². The standard InChI is InChI=1S/C15H14F4N2O3/c1-14(23,12-3-2-6-24-12)8-20-13(22)21-9-4-5-11(16)10(7-9)15(17,18)19/h2-7,23H,8H2,1H3,(H2,20,21,22). The Morgan fingerprint density at radius 2 is 2.00 bits per heavy atom. The zero-order valence-electron chi connectivity index (χ0n) is 12.4. The molecule has 0 bridgehead atoms. The molecule has 0 fully saturated rings. The van der Waals surface area contributed by atoms with Gasteiger partial charge in [0.2, 0.25) is 0 Å². The van der Waals surface area contributed by atoms with Crippen molar-refractivity contribution in [2.75, 3.05) is 11.9 Å². The summed E-state index contributed by atoms with van der Waals surface area (Å²) in [6, 6.07) is 4.30. The van der Waals surface area contributed by atoms with E-state index in [2.05, 4.69) is 10.6 Å². The van der Waals surface area contributed by atoms with E-state index >= 15 is 0 Å². The van der Waals surface area contributed by atoms with Crippen LogP contribution in [0.1, 0.15) is 18.2 Å². The highest BCUT2D eigenvalue weighted by atomic mass is 19.4. The van der Waals surface area contributed by atoms with Crippen LogP contribution in [0.2, 0.25) is 0 Å². The second kappa shape index (κ2) is 6.52. The number of furan rings is 1. The summed E-state index contributed by atoms with van der Waals surface area (Å²) in [5, 5.41) is 14.6. The lowest BCUT2D eigenvalue weighted by atomic mass is 10.0. The van der Waals surface area contributed by atoms with Crippen LogP contribution in [-0.2, 0) is 11.8 Å². The Labute approximate surface area is 134 Å². The average Bonchev–Trinajstić information content (AvgIpc) is 3.01. The number of carbonyl (C=O) groups excluding carboxylic acids is 1. The molecule has 0 aliphatic rings. The fraction of sp³-hybridized carbons (Fsp3) is 0.267. The first-order valence-corrected chi connectivity index (χ1v) is 6.77. The number of benzene rings is 1. The minimum Gasteiger partial charge on any atom is -0.466 e. The molecule has 2 rings (SSSR count). The predicted octanol–water partition coefficient (Wildman–Crippen LogP) is 3.47. The molecule has 0 radical (unpaired) electrons. The van der Waals surface area contributed by atoms with Gasteiger partial charge in [-0.3, -0.25) is 0 Å². The summed E-state index contributed by atoms with van der Waals surface area (Å²) in [6.45, 7) is 1.14. The largest absolute Gasteiger partial charge is 0.466 e. The number of alkyl halides is 3. The van der Waals surface area contributed by atoms with Crippen LogP contribution in [-0.4, -0.2) is 17.7 Å². The molecule has 2 aromatic rings. The third kappa shape index (κ3) is 4.25. The lowest BCUT2D eigenvalue weighted by Crippen LogP contribution is -2.40. The first kappa shape index (κ1) is 17.8. The summed E-state index contributed by atoms with van der Waals surface area (Å²) >= 11 is 0. The molecule has 1 aromatic heterocycles. The molecular weight excluding hydrogens is 332 g/mol. The number of halogens is 4. The summed E-state index contributed by atoms with van der Waals surface area (Å²) in [5.41, 5.74) is -3.22. The highest BCUT2D eigenvalue weighted by Crippen LogP contribution is 2.33. The smallest absolute Gasteiger partial charge is 0.419 e. The van der Waals surface area contributed by atoms with Crippen LogP contribution in [0, 0.1) is 5.82 Å². The Morgan fingerprint density at radius 1 is 1.29 bits per heavy atom. The van der Waals surface area contributed by atoms with Crippen LogP contribution < -0.4 is 10.6 Å². The monoisotopic (exact) mass is 346 g/mol. The van der Waals surface area contributed by atoms with Gasteiger partial charge in [0.25, 0.3) is 0 Å². The number of amides is 2. The summed E-state index contributed by atoms with van der Waals surface area (Å²) in [5.74, 6) is -1.22. The second-order valence-corrected chi connectivity index (χ2v) is 5.25. The van der Waals surface area contributed by atoms with Gasteiger partial charge in [0.05, 0.1) is 18.4 Å². The van der Waals surface area contributed by atoms with Crippen molar-refractivity contribution in [2.45, 2.75) is 18.7 Å². The quantitative estimate of drug-likeness (QED) is 0.742. The van der Waals surface area contributed by atoms with Gasteiger partial charge in [-0.15, -0.1) is 0 Å². The van der Waals surface area contributed by atoms with Gasteiger partial charge in [0.15, 0.2) is 0 Å². The highest BCUT2D eigenvalue weighted by Gasteiger charge is 2.34. The van der Waals surface area contributed by atoms with Crippen molar-refractivity contribution in [3.63, 3.8) is 0 Å². The molecule has 0 saturated heterocycles. The van der Waals surface area contributed by atoms with Crippen molar-refractivity contribution in [2.24, 2.45) is 0 Å². The van der Waals surface area contributed by atoms with Gasteiger partial charge < -0.3 is 20.2 Å². The van der Waals surface area contributed by atoms with E-state index < -0.39 is 29.2 Å². The minimum absolute atomic E-state index is 0.212. The summed E-state index contributed by atoms with van der Waals surface area (Å²) in [7, 11) is 0. The number of hydrogen-bond donors (Lipinski definition) is 3. The SMILES string of the molecule is CC(O)(CNC(=O)Nc1ccc(F)c(C(F)(F)F)c1)c1ccco1. The molecule has 0 aliphatic carbocycles. The Bertz CT molecular complexity index is 712. The van der Waals surface area contributed by atoms with Crippen molar-refractivity contribution in [3.05, 3.63) is 53.7 Å². The summed E-state index contributed by atoms with van der Waals surface area (Å²) < 4.78 is 56.0. The number of carbonyl (C=O) groups is 1. The number of anilines is 1. The lowest BCUT2D eigenvalue weighted by molar-refractivity contribution is -0.139. The lowest BCUT2D eigenvalue weighted by Gasteiger charge is -2.21. The van der Waals surface area contributed by atoms with Crippen molar-refractivity contribution in [1.82, 2.24) is 5.32 Å². The Hall–Kier alpha value is -2.55. The maximum Gasteiger partial charge on any atom is 0.419 e. The van der Waals surface area contributed by atoms with Gasteiger partial charge in [-0.2, -0.15) is 13.2 Å². The number of hydrogen-bond acceptors (Lipinski definition) is 3. The molecule has 9 heteroatoms. The van der Waals surface area contributed by atoms with Crippen LogP contribution in [0.5, 0.6) is 0 Å². The molecule has 2 amide bonds. The van der Waals surface area contributed by atoms with Crippen LogP contribution in [0.15, 0.2) is 41.0 Å². The fourth-order valence-electron chi connectivity index (χ4n) is 1.92. The molecular formula is C15H14F4N2O3. The molecule has 5 nitrogen and oxygen atoms in total. The number of rotatable bonds is 4. The molecule has 0 aliphatic heterocycles. The van der Waals surface area contributed by atoms with E-state index in [0.717, 1.165) is 6.07 Å². The van der Waals surface area contributed by atoms with Crippen molar-refractivity contribution >= 4 is 11.7 Å². The third-order valence-corrected chi connectivity index (χ3v) is 3.17. The van der Waals surface area contributed by atoms with E-state index in [1.165, 1.54) is 19.3 Å². The van der Waals surface area contributed by atoms with E-state index in [-0.39, 0.29) is 18.0 Å². The second-order valence-electron chi connectivity index (χ2n) is 5.25. The minimum atomic E-state index is -4.87. The Kier molecular flexibility index (Phi) is 4.83. The maximum atomic E-state index is 13.2. The van der Waals surface area contributed by atoms with Crippen molar-refractivity contribution in [3.8, 4) is 0 Å². The predicted molar refractivity (Wildman–Crippen MR) is 76.7 cm³/mol. The fourth-order valence-corrected chi connectivity index (χ4v) is 1.92. The van der Waals surface area contributed by atoms with E-state index in [0.29, 0.717) is 12.1 Å². The third-order valence-electron chi connectivity index (χ3n) is 3.17. The molecule has 1 atom stereocenters. The first-order valence-electron chi connectivity index (χ1n) is 6.77. The Balaban J connectivity index is 2.00. The van der Waals surface area contributed by atoms with Crippen molar-refractivity contribution < 1.29 is 31.9 Å². The maximum absolute atomic E-state index is 13.2. The van der Waals surface area contributed by atoms with Crippen molar-refractivity contribution in [1.29, 1.82) is 0 Å². The van der Waals surface area contributed by atoms with Crippen LogP contribution in [0.25, 0.3) is 0 Å². The Morgan fingerprint density at radius 3 is 2.58 bits per heavy atom. The van der Waals surface area contributed by atoms with Gasteiger partial charge in [0, 0.05) is 5.69 Å². The van der Waals surface area contributed by atoms with Gasteiger partial charge in [-0.1, -0.05) is 0 Å². The zero-order valence-corrected chi connectivity index (χ0v) is 12.4. The molecule has 24 heavy (non-hydrogen) atoms. The van der Waals surface area contributed by atoms with Gasteiger partial charge in [-0.05, 0) is 37.3 Å². The average molecular weight is 346 g/mol. The van der Waals surface area contributed by atoms with Crippen LogP contribution in [0.3, 0.4) is 0 Å². The molecule has 1 heterocycles. The number of aliphatic hydroxyl groups is 1. The van der Waals surface area contributed by atoms with Gasteiger partial charge in [0.1, 0.15) is 17.2 Å². The van der Waals surface area contributed by atoms with Crippen LogP contribution in [0.4, 0.5) is 28.0 Å². The normalized spacial score (nSPS) is 14.1. The number of urea groups is 1. The molecule has 1 aromatic carbocycles. The highest BCUT2D eigenvalue weighted by molar-refractivity contribution is 5.89. The first-order chi connectivity index (χ1) is 11.1.